The summed E-state index contributed by atoms with van der Waals surface area (Å²) in [6.45, 7) is 2.08. The van der Waals surface area contributed by atoms with Gasteiger partial charge < -0.3 is 10.2 Å². The Bertz CT molecular complexity index is 934. The number of carbonyl (C=O) groups is 1. The summed E-state index contributed by atoms with van der Waals surface area (Å²) < 4.78 is 12.9. The highest BCUT2D eigenvalue weighted by Gasteiger charge is 2.14. The minimum absolute atomic E-state index is 0.144. The van der Waals surface area contributed by atoms with Crippen LogP contribution in [0.2, 0.25) is 0 Å². The molecule has 2 heterocycles. The lowest BCUT2D eigenvalue weighted by molar-refractivity contribution is -0.115. The highest BCUT2D eigenvalue weighted by molar-refractivity contribution is 5.92. The number of anilines is 2. The first-order chi connectivity index (χ1) is 13.7. The first-order valence-corrected chi connectivity index (χ1v) is 9.41. The zero-order valence-corrected chi connectivity index (χ0v) is 15.4. The maximum absolute atomic E-state index is 12.9. The van der Waals surface area contributed by atoms with Gasteiger partial charge in [-0.2, -0.15) is 0 Å². The molecule has 3 aromatic rings. The molecule has 1 aromatic heterocycles. The van der Waals surface area contributed by atoms with E-state index in [9.17, 15) is 9.18 Å². The molecular weight excluding hydrogens is 355 g/mol. The molecule has 1 aliphatic heterocycles. The van der Waals surface area contributed by atoms with Crippen LogP contribution in [0.4, 0.5) is 15.9 Å². The van der Waals surface area contributed by atoms with Gasteiger partial charge >= 0.3 is 0 Å². The van der Waals surface area contributed by atoms with Crippen molar-refractivity contribution in [3.05, 3.63) is 72.0 Å². The molecular formula is C22H21FN4O. The predicted octanol–water partition coefficient (Wildman–Crippen LogP) is 4.06. The Hall–Kier alpha value is -3.28. The van der Waals surface area contributed by atoms with Crippen LogP contribution in [0, 0.1) is 5.82 Å². The van der Waals surface area contributed by atoms with Gasteiger partial charge in [0.2, 0.25) is 5.91 Å². The quantitative estimate of drug-likeness (QED) is 0.729. The van der Waals surface area contributed by atoms with Crippen LogP contribution in [0.5, 0.6) is 0 Å². The van der Waals surface area contributed by atoms with Gasteiger partial charge in [0.15, 0.2) is 5.82 Å². The smallest absolute Gasteiger partial charge is 0.228 e. The molecule has 0 saturated carbocycles. The summed E-state index contributed by atoms with van der Waals surface area (Å²) in [7, 11) is 0. The summed E-state index contributed by atoms with van der Waals surface area (Å²) in [5.41, 5.74) is 3.21. The van der Waals surface area contributed by atoms with Crippen molar-refractivity contribution >= 4 is 17.4 Å². The van der Waals surface area contributed by atoms with Gasteiger partial charge in [-0.15, -0.1) is 10.2 Å². The van der Waals surface area contributed by atoms with E-state index in [4.69, 9.17) is 0 Å². The van der Waals surface area contributed by atoms with E-state index in [2.05, 4.69) is 20.4 Å². The Morgan fingerprint density at radius 3 is 2.29 bits per heavy atom. The van der Waals surface area contributed by atoms with Crippen LogP contribution in [0.1, 0.15) is 18.4 Å². The second kappa shape index (κ2) is 8.17. The molecule has 0 aliphatic carbocycles. The first-order valence-electron chi connectivity index (χ1n) is 9.41. The molecule has 0 bridgehead atoms. The molecule has 2 aromatic carbocycles. The highest BCUT2D eigenvalue weighted by atomic mass is 19.1. The highest BCUT2D eigenvalue weighted by Crippen LogP contribution is 2.22. The van der Waals surface area contributed by atoms with Crippen LogP contribution in [0.15, 0.2) is 60.7 Å². The Labute approximate surface area is 163 Å². The van der Waals surface area contributed by atoms with Crippen molar-refractivity contribution in [3.8, 4) is 11.3 Å². The fraction of sp³-hybridized carbons (Fsp3) is 0.227. The van der Waals surface area contributed by atoms with Crippen molar-refractivity contribution < 1.29 is 9.18 Å². The summed E-state index contributed by atoms with van der Waals surface area (Å²) in [5, 5.41) is 11.5. The molecule has 1 saturated heterocycles. The van der Waals surface area contributed by atoms with Crippen molar-refractivity contribution in [2.45, 2.75) is 19.3 Å². The largest absolute Gasteiger partial charge is 0.355 e. The van der Waals surface area contributed by atoms with Gasteiger partial charge in [-0.05, 0) is 54.8 Å². The Morgan fingerprint density at radius 2 is 1.64 bits per heavy atom. The Morgan fingerprint density at radius 1 is 0.929 bits per heavy atom. The zero-order valence-electron chi connectivity index (χ0n) is 15.4. The molecule has 4 rings (SSSR count). The van der Waals surface area contributed by atoms with Gasteiger partial charge in [0.1, 0.15) is 5.82 Å². The van der Waals surface area contributed by atoms with Crippen LogP contribution in [-0.4, -0.2) is 29.2 Å². The number of carbonyl (C=O) groups excluding carboxylic acids is 1. The predicted molar refractivity (Wildman–Crippen MR) is 108 cm³/mol. The molecule has 142 valence electrons. The standard InChI is InChI=1S/C22H21FN4O/c23-18-7-3-16(4-8-18)15-22(28)24-19-9-5-17(6-10-19)20-11-12-21(26-25-20)27-13-1-2-14-27/h3-12H,1-2,13-15H2,(H,24,28). The lowest BCUT2D eigenvalue weighted by atomic mass is 10.1. The lowest BCUT2D eigenvalue weighted by Crippen LogP contribution is -2.19. The van der Waals surface area contributed by atoms with Crippen LogP contribution in [0.25, 0.3) is 11.3 Å². The Kier molecular flexibility index (Phi) is 5.28. The Balaban J connectivity index is 1.37. The van der Waals surface area contributed by atoms with Gasteiger partial charge in [-0.25, -0.2) is 4.39 Å². The van der Waals surface area contributed by atoms with Gasteiger partial charge in [-0.1, -0.05) is 24.3 Å². The fourth-order valence-electron chi connectivity index (χ4n) is 3.31. The third-order valence-corrected chi connectivity index (χ3v) is 4.82. The zero-order chi connectivity index (χ0) is 19.3. The number of aromatic nitrogens is 2. The maximum Gasteiger partial charge on any atom is 0.228 e. The topological polar surface area (TPSA) is 58.1 Å². The SMILES string of the molecule is O=C(Cc1ccc(F)cc1)Nc1ccc(-c2ccc(N3CCCC3)nn2)cc1. The minimum atomic E-state index is -0.309. The second-order valence-electron chi connectivity index (χ2n) is 6.90. The van der Waals surface area contributed by atoms with E-state index < -0.39 is 0 Å². The van der Waals surface area contributed by atoms with E-state index in [0.717, 1.165) is 35.7 Å². The number of nitrogens with zero attached hydrogens (tertiary/aromatic N) is 3. The monoisotopic (exact) mass is 376 g/mol. The van der Waals surface area contributed by atoms with E-state index in [1.54, 1.807) is 12.1 Å². The molecule has 28 heavy (non-hydrogen) atoms. The normalized spacial score (nSPS) is 13.5. The third kappa shape index (κ3) is 4.34. The average Bonchev–Trinajstić information content (AvgIpc) is 3.25. The number of nitrogens with one attached hydrogen (secondary N) is 1. The van der Waals surface area contributed by atoms with Crippen molar-refractivity contribution in [1.82, 2.24) is 10.2 Å². The molecule has 0 spiro atoms. The summed E-state index contributed by atoms with van der Waals surface area (Å²) in [6.07, 6.45) is 2.61. The molecule has 5 nitrogen and oxygen atoms in total. The number of rotatable bonds is 5. The first kappa shape index (κ1) is 18.1. The summed E-state index contributed by atoms with van der Waals surface area (Å²) in [4.78, 5) is 14.4. The number of benzene rings is 2. The number of hydrogen-bond acceptors (Lipinski definition) is 4. The number of halogens is 1. The summed E-state index contributed by atoms with van der Waals surface area (Å²) in [5.74, 6) is 0.469. The van der Waals surface area contributed by atoms with Gasteiger partial charge in [0.05, 0.1) is 12.1 Å². The summed E-state index contributed by atoms with van der Waals surface area (Å²) >= 11 is 0. The second-order valence-corrected chi connectivity index (χ2v) is 6.90. The fourth-order valence-corrected chi connectivity index (χ4v) is 3.31. The third-order valence-electron chi connectivity index (χ3n) is 4.82. The van der Waals surface area contributed by atoms with Gasteiger partial charge in [-0.3, -0.25) is 4.79 Å². The van der Waals surface area contributed by atoms with Crippen molar-refractivity contribution in [2.75, 3.05) is 23.3 Å². The molecule has 0 radical (unpaired) electrons. The molecule has 0 unspecified atom stereocenters. The minimum Gasteiger partial charge on any atom is -0.355 e. The molecule has 1 N–H and O–H groups in total. The number of hydrogen-bond donors (Lipinski definition) is 1. The molecule has 6 heteroatoms. The van der Waals surface area contributed by atoms with E-state index in [1.165, 1.54) is 25.0 Å². The lowest BCUT2D eigenvalue weighted by Gasteiger charge is -2.15. The van der Waals surface area contributed by atoms with E-state index in [-0.39, 0.29) is 18.1 Å². The molecule has 1 fully saturated rings. The van der Waals surface area contributed by atoms with Crippen LogP contribution >= 0.6 is 0 Å². The molecule has 1 aliphatic rings. The molecule has 0 atom stereocenters. The average molecular weight is 376 g/mol. The number of amides is 1. The van der Waals surface area contributed by atoms with Crippen LogP contribution in [-0.2, 0) is 11.2 Å². The van der Waals surface area contributed by atoms with Crippen molar-refractivity contribution in [2.24, 2.45) is 0 Å². The van der Waals surface area contributed by atoms with Crippen LogP contribution in [0.3, 0.4) is 0 Å². The van der Waals surface area contributed by atoms with Crippen molar-refractivity contribution in [1.29, 1.82) is 0 Å². The van der Waals surface area contributed by atoms with Crippen molar-refractivity contribution in [3.63, 3.8) is 0 Å². The summed E-state index contributed by atoms with van der Waals surface area (Å²) in [6, 6.07) is 17.4. The van der Waals surface area contributed by atoms with E-state index >= 15 is 0 Å². The van der Waals surface area contributed by atoms with Gasteiger partial charge in [0.25, 0.3) is 0 Å². The van der Waals surface area contributed by atoms with Gasteiger partial charge in [0, 0.05) is 24.3 Å². The maximum atomic E-state index is 12.9. The van der Waals surface area contributed by atoms with E-state index in [1.807, 2.05) is 36.4 Å². The van der Waals surface area contributed by atoms with E-state index in [0.29, 0.717) is 5.69 Å². The molecule has 1 amide bonds. The van der Waals surface area contributed by atoms with Crippen LogP contribution < -0.4 is 10.2 Å².